The van der Waals surface area contributed by atoms with Crippen molar-refractivity contribution in [2.24, 2.45) is 5.92 Å². The quantitative estimate of drug-likeness (QED) is 0.763. The van der Waals surface area contributed by atoms with E-state index < -0.39 is 0 Å². The summed E-state index contributed by atoms with van der Waals surface area (Å²) in [7, 11) is 1.98. The van der Waals surface area contributed by atoms with Gasteiger partial charge in [-0.15, -0.1) is 0 Å². The van der Waals surface area contributed by atoms with E-state index in [1.165, 1.54) is 11.1 Å². The molecule has 0 aliphatic carbocycles. The van der Waals surface area contributed by atoms with Crippen LogP contribution in [-0.2, 0) is 30.7 Å². The van der Waals surface area contributed by atoms with Crippen LogP contribution in [0.15, 0.2) is 28.8 Å². The average molecular weight is 356 g/mol. The predicted molar refractivity (Wildman–Crippen MR) is 99.4 cm³/mol. The second-order valence-electron chi connectivity index (χ2n) is 7.52. The summed E-state index contributed by atoms with van der Waals surface area (Å²) < 4.78 is 5.27. The Balaban J connectivity index is 1.45. The number of benzene rings is 1. The standard InChI is InChI=1S/C20H28N4O2/c1-15(2)12-19-21-18(22-26-19)14-23(3)10-9-20(25)24-11-8-16-6-4-5-7-17(16)13-24/h4-7,15H,8-14H2,1-3H3. The Bertz CT molecular complexity index is 741. The molecule has 0 fully saturated rings. The van der Waals surface area contributed by atoms with Crippen molar-refractivity contribution in [1.29, 1.82) is 0 Å². The number of hydrogen-bond acceptors (Lipinski definition) is 5. The molecule has 1 aliphatic heterocycles. The van der Waals surface area contributed by atoms with Crippen LogP contribution in [0.1, 0.15) is 43.1 Å². The van der Waals surface area contributed by atoms with Crippen LogP contribution in [0.3, 0.4) is 0 Å². The van der Waals surface area contributed by atoms with Gasteiger partial charge in [0.2, 0.25) is 11.8 Å². The van der Waals surface area contributed by atoms with E-state index in [9.17, 15) is 4.79 Å². The van der Waals surface area contributed by atoms with E-state index in [0.717, 1.165) is 25.9 Å². The van der Waals surface area contributed by atoms with Crippen LogP contribution in [0.5, 0.6) is 0 Å². The monoisotopic (exact) mass is 356 g/mol. The fraction of sp³-hybridized carbons (Fsp3) is 0.550. The molecule has 2 aromatic rings. The molecule has 2 heterocycles. The van der Waals surface area contributed by atoms with Crippen molar-refractivity contribution in [3.63, 3.8) is 0 Å². The van der Waals surface area contributed by atoms with Gasteiger partial charge in [0.1, 0.15) is 0 Å². The number of fused-ring (bicyclic) bond motifs is 1. The minimum atomic E-state index is 0.208. The highest BCUT2D eigenvalue weighted by Gasteiger charge is 2.20. The molecule has 0 bridgehead atoms. The molecule has 140 valence electrons. The first kappa shape index (κ1) is 18.6. The Morgan fingerprint density at radius 3 is 2.85 bits per heavy atom. The number of amides is 1. The van der Waals surface area contributed by atoms with Gasteiger partial charge in [0.05, 0.1) is 6.54 Å². The Kier molecular flexibility index (Phi) is 6.04. The summed E-state index contributed by atoms with van der Waals surface area (Å²) in [5.41, 5.74) is 2.63. The first-order valence-corrected chi connectivity index (χ1v) is 9.36. The summed E-state index contributed by atoms with van der Waals surface area (Å²) in [5, 5.41) is 4.03. The molecule has 1 aromatic carbocycles. The molecule has 1 aliphatic rings. The van der Waals surface area contributed by atoms with Gasteiger partial charge in [0.25, 0.3) is 0 Å². The zero-order valence-corrected chi connectivity index (χ0v) is 15.9. The van der Waals surface area contributed by atoms with Crippen molar-refractivity contribution >= 4 is 5.91 Å². The summed E-state index contributed by atoms with van der Waals surface area (Å²) in [6, 6.07) is 8.38. The van der Waals surface area contributed by atoms with E-state index >= 15 is 0 Å². The maximum atomic E-state index is 12.5. The Hall–Kier alpha value is -2.21. The molecular weight excluding hydrogens is 328 g/mol. The fourth-order valence-electron chi connectivity index (χ4n) is 3.26. The van der Waals surface area contributed by atoms with Crippen molar-refractivity contribution in [2.75, 3.05) is 20.1 Å². The molecule has 6 heteroatoms. The molecule has 0 atom stereocenters. The minimum Gasteiger partial charge on any atom is -0.339 e. The zero-order valence-electron chi connectivity index (χ0n) is 15.9. The molecule has 0 saturated carbocycles. The van der Waals surface area contributed by atoms with E-state index in [2.05, 4.69) is 47.1 Å². The minimum absolute atomic E-state index is 0.208. The van der Waals surface area contributed by atoms with E-state index in [1.54, 1.807) is 0 Å². The highest BCUT2D eigenvalue weighted by atomic mass is 16.5. The van der Waals surface area contributed by atoms with Crippen LogP contribution >= 0.6 is 0 Å². The largest absolute Gasteiger partial charge is 0.339 e. The summed E-state index contributed by atoms with van der Waals surface area (Å²) in [6.45, 7) is 7.06. The van der Waals surface area contributed by atoms with Crippen LogP contribution in [0.25, 0.3) is 0 Å². The lowest BCUT2D eigenvalue weighted by Crippen LogP contribution is -2.37. The highest BCUT2D eigenvalue weighted by molar-refractivity contribution is 5.76. The summed E-state index contributed by atoms with van der Waals surface area (Å²) >= 11 is 0. The number of hydrogen-bond donors (Lipinski definition) is 0. The summed E-state index contributed by atoms with van der Waals surface area (Å²) in [4.78, 5) is 21.0. The van der Waals surface area contributed by atoms with Gasteiger partial charge in [0.15, 0.2) is 5.82 Å². The van der Waals surface area contributed by atoms with Crippen LogP contribution < -0.4 is 0 Å². The SMILES string of the molecule is CC(C)Cc1nc(CN(C)CCC(=O)N2CCc3ccccc3C2)no1. The normalized spacial score (nSPS) is 14.1. The van der Waals surface area contributed by atoms with Crippen molar-refractivity contribution < 1.29 is 9.32 Å². The van der Waals surface area contributed by atoms with Gasteiger partial charge in [0, 0.05) is 32.5 Å². The molecule has 0 N–H and O–H groups in total. The highest BCUT2D eigenvalue weighted by Crippen LogP contribution is 2.19. The molecule has 0 spiro atoms. The number of carbonyl (C=O) groups is 1. The van der Waals surface area contributed by atoms with Gasteiger partial charge in [-0.1, -0.05) is 43.3 Å². The molecule has 0 unspecified atom stereocenters. The van der Waals surface area contributed by atoms with E-state index in [0.29, 0.717) is 37.1 Å². The smallest absolute Gasteiger partial charge is 0.226 e. The zero-order chi connectivity index (χ0) is 18.5. The van der Waals surface area contributed by atoms with Gasteiger partial charge in [-0.25, -0.2) is 0 Å². The van der Waals surface area contributed by atoms with Gasteiger partial charge in [-0.2, -0.15) is 4.98 Å². The van der Waals surface area contributed by atoms with Gasteiger partial charge >= 0.3 is 0 Å². The van der Waals surface area contributed by atoms with Crippen molar-refractivity contribution in [3.8, 4) is 0 Å². The molecule has 0 radical (unpaired) electrons. The summed E-state index contributed by atoms with van der Waals surface area (Å²) in [6.07, 6.45) is 2.25. The summed E-state index contributed by atoms with van der Waals surface area (Å²) in [5.74, 6) is 2.07. The van der Waals surface area contributed by atoms with Gasteiger partial charge in [-0.3, -0.25) is 9.69 Å². The van der Waals surface area contributed by atoms with Crippen LogP contribution in [-0.4, -0.2) is 46.0 Å². The van der Waals surface area contributed by atoms with Gasteiger partial charge in [-0.05, 0) is 30.5 Å². The third kappa shape index (κ3) is 4.91. The lowest BCUT2D eigenvalue weighted by atomic mass is 10.00. The Morgan fingerprint density at radius 2 is 2.08 bits per heavy atom. The first-order chi connectivity index (χ1) is 12.5. The molecule has 1 amide bonds. The Morgan fingerprint density at radius 1 is 1.31 bits per heavy atom. The number of aromatic nitrogens is 2. The fourth-order valence-corrected chi connectivity index (χ4v) is 3.26. The number of rotatable bonds is 7. The van der Waals surface area contributed by atoms with E-state index in [4.69, 9.17) is 4.52 Å². The van der Waals surface area contributed by atoms with Crippen LogP contribution in [0, 0.1) is 5.92 Å². The molecule has 0 saturated heterocycles. The maximum absolute atomic E-state index is 12.5. The topological polar surface area (TPSA) is 62.5 Å². The van der Waals surface area contributed by atoms with E-state index in [1.807, 2.05) is 18.0 Å². The second-order valence-corrected chi connectivity index (χ2v) is 7.52. The predicted octanol–water partition coefficient (Wildman–Crippen LogP) is 2.67. The lowest BCUT2D eigenvalue weighted by molar-refractivity contribution is -0.132. The second kappa shape index (κ2) is 8.45. The molecule has 6 nitrogen and oxygen atoms in total. The van der Waals surface area contributed by atoms with Crippen LogP contribution in [0.2, 0.25) is 0 Å². The van der Waals surface area contributed by atoms with Crippen molar-refractivity contribution in [2.45, 2.75) is 46.2 Å². The van der Waals surface area contributed by atoms with Gasteiger partial charge < -0.3 is 9.42 Å². The maximum Gasteiger partial charge on any atom is 0.226 e. The first-order valence-electron chi connectivity index (χ1n) is 9.36. The average Bonchev–Trinajstić information content (AvgIpc) is 3.05. The molecule has 1 aromatic heterocycles. The van der Waals surface area contributed by atoms with E-state index in [-0.39, 0.29) is 5.91 Å². The number of nitrogens with zero attached hydrogens (tertiary/aromatic N) is 4. The third-order valence-electron chi connectivity index (χ3n) is 4.70. The van der Waals surface area contributed by atoms with Crippen molar-refractivity contribution in [1.82, 2.24) is 19.9 Å². The lowest BCUT2D eigenvalue weighted by Gasteiger charge is -2.29. The third-order valence-corrected chi connectivity index (χ3v) is 4.70. The molecular formula is C20H28N4O2. The van der Waals surface area contributed by atoms with Crippen LogP contribution in [0.4, 0.5) is 0 Å². The molecule has 26 heavy (non-hydrogen) atoms. The molecule has 3 rings (SSSR count). The van der Waals surface area contributed by atoms with Crippen molar-refractivity contribution in [3.05, 3.63) is 47.1 Å². The number of carbonyl (C=O) groups excluding carboxylic acids is 1. The Labute approximate surface area is 155 Å².